The zero-order valence-electron chi connectivity index (χ0n) is 13.6. The number of guanidine groups is 1. The summed E-state index contributed by atoms with van der Waals surface area (Å²) in [6.45, 7) is 4.84. The Morgan fingerprint density at radius 1 is 1.20 bits per heavy atom. The second kappa shape index (κ2) is 8.96. The third-order valence-corrected chi connectivity index (χ3v) is 3.33. The first-order valence-electron chi connectivity index (χ1n) is 7.80. The number of nitrogens with zero attached hydrogens (tertiary/aromatic N) is 1. The second-order valence-corrected chi connectivity index (χ2v) is 5.29. The maximum Gasteiger partial charge on any atom is 0.416 e. The Hall–Kier alpha value is -2.70. The van der Waals surface area contributed by atoms with Crippen LogP contribution in [0.15, 0.2) is 64.7 Å². The fourth-order valence-corrected chi connectivity index (χ4v) is 2.12. The SMILES string of the molecule is C=CCNC(=NCc1cccc(C(F)(F)F)c1)NCCc1ccco1. The standard InChI is InChI=1S/C18H20F3N3O/c1-2-9-22-17(23-10-8-16-7-4-11-25-16)24-13-14-5-3-6-15(12-14)18(19,20)21/h2-7,11-12H,1,8-10,13H2,(H2,22,23,24). The molecule has 0 bridgehead atoms. The van der Waals surface area contributed by atoms with Crippen molar-refractivity contribution in [3.05, 3.63) is 72.2 Å². The number of alkyl halides is 3. The molecule has 1 heterocycles. The highest BCUT2D eigenvalue weighted by molar-refractivity contribution is 5.79. The lowest BCUT2D eigenvalue weighted by Gasteiger charge is -2.11. The highest BCUT2D eigenvalue weighted by atomic mass is 19.4. The predicted molar refractivity (Wildman–Crippen MR) is 91.2 cm³/mol. The number of halogens is 3. The fraction of sp³-hybridized carbons (Fsp3) is 0.278. The van der Waals surface area contributed by atoms with Gasteiger partial charge in [0.05, 0.1) is 18.4 Å². The molecule has 0 fully saturated rings. The van der Waals surface area contributed by atoms with Crippen LogP contribution in [0.5, 0.6) is 0 Å². The van der Waals surface area contributed by atoms with Crippen LogP contribution in [0.2, 0.25) is 0 Å². The molecule has 2 N–H and O–H groups in total. The number of aliphatic imine (C=N–C) groups is 1. The lowest BCUT2D eigenvalue weighted by Crippen LogP contribution is -2.38. The van der Waals surface area contributed by atoms with Gasteiger partial charge in [-0.3, -0.25) is 0 Å². The summed E-state index contributed by atoms with van der Waals surface area (Å²) in [4.78, 5) is 4.32. The van der Waals surface area contributed by atoms with Crippen LogP contribution in [0.4, 0.5) is 13.2 Å². The topological polar surface area (TPSA) is 49.6 Å². The van der Waals surface area contributed by atoms with Crippen LogP contribution in [0.25, 0.3) is 0 Å². The van der Waals surface area contributed by atoms with Gasteiger partial charge in [-0.2, -0.15) is 13.2 Å². The van der Waals surface area contributed by atoms with Gasteiger partial charge in [0, 0.05) is 19.5 Å². The summed E-state index contributed by atoms with van der Waals surface area (Å²) >= 11 is 0. The van der Waals surface area contributed by atoms with Crippen LogP contribution in [0, 0.1) is 0 Å². The van der Waals surface area contributed by atoms with Crippen LogP contribution in [0.1, 0.15) is 16.9 Å². The first kappa shape index (κ1) is 18.6. The Balaban J connectivity index is 1.97. The monoisotopic (exact) mass is 351 g/mol. The molecule has 0 aliphatic carbocycles. The van der Waals surface area contributed by atoms with E-state index in [1.54, 1.807) is 18.4 Å². The lowest BCUT2D eigenvalue weighted by atomic mass is 10.1. The van der Waals surface area contributed by atoms with E-state index in [0.717, 1.165) is 17.9 Å². The van der Waals surface area contributed by atoms with E-state index in [1.807, 2.05) is 12.1 Å². The molecule has 1 aromatic carbocycles. The van der Waals surface area contributed by atoms with Gasteiger partial charge in [-0.25, -0.2) is 4.99 Å². The fourth-order valence-electron chi connectivity index (χ4n) is 2.12. The highest BCUT2D eigenvalue weighted by Crippen LogP contribution is 2.29. The van der Waals surface area contributed by atoms with Crippen LogP contribution in [-0.2, 0) is 19.1 Å². The predicted octanol–water partition coefficient (Wildman–Crippen LogP) is 3.76. The van der Waals surface area contributed by atoms with Gasteiger partial charge in [0.2, 0.25) is 0 Å². The van der Waals surface area contributed by atoms with Crippen LogP contribution in [-0.4, -0.2) is 19.0 Å². The molecule has 25 heavy (non-hydrogen) atoms. The zero-order chi connectivity index (χ0) is 18.1. The first-order valence-corrected chi connectivity index (χ1v) is 7.80. The minimum atomic E-state index is -4.36. The van der Waals surface area contributed by atoms with Gasteiger partial charge in [0.25, 0.3) is 0 Å². The van der Waals surface area contributed by atoms with Gasteiger partial charge in [-0.15, -0.1) is 6.58 Å². The molecule has 2 aromatic rings. The number of benzene rings is 1. The third kappa shape index (κ3) is 6.37. The number of hydrogen-bond acceptors (Lipinski definition) is 2. The van der Waals surface area contributed by atoms with E-state index >= 15 is 0 Å². The molecule has 0 amide bonds. The first-order chi connectivity index (χ1) is 12.0. The van der Waals surface area contributed by atoms with E-state index in [-0.39, 0.29) is 6.54 Å². The number of furan rings is 1. The maximum absolute atomic E-state index is 12.8. The summed E-state index contributed by atoms with van der Waals surface area (Å²) in [6.07, 6.45) is -0.405. The third-order valence-electron chi connectivity index (χ3n) is 3.33. The summed E-state index contributed by atoms with van der Waals surface area (Å²) < 4.78 is 43.5. The Kier molecular flexibility index (Phi) is 6.68. The van der Waals surface area contributed by atoms with Crippen LogP contribution in [0.3, 0.4) is 0 Å². The molecule has 2 rings (SSSR count). The van der Waals surface area contributed by atoms with E-state index in [0.29, 0.717) is 31.0 Å². The minimum Gasteiger partial charge on any atom is -0.469 e. The lowest BCUT2D eigenvalue weighted by molar-refractivity contribution is -0.137. The molecule has 0 spiro atoms. The summed E-state index contributed by atoms with van der Waals surface area (Å²) in [5, 5.41) is 6.15. The van der Waals surface area contributed by atoms with Crippen LogP contribution < -0.4 is 10.6 Å². The smallest absolute Gasteiger partial charge is 0.416 e. The van der Waals surface area contributed by atoms with E-state index in [4.69, 9.17) is 4.42 Å². The summed E-state index contributed by atoms with van der Waals surface area (Å²) in [5.41, 5.74) is -0.188. The number of rotatable bonds is 7. The molecule has 0 aliphatic rings. The van der Waals surface area contributed by atoms with Gasteiger partial charge < -0.3 is 15.1 Å². The highest BCUT2D eigenvalue weighted by Gasteiger charge is 2.30. The molecule has 134 valence electrons. The molecule has 0 saturated carbocycles. The largest absolute Gasteiger partial charge is 0.469 e. The molecular weight excluding hydrogens is 331 g/mol. The molecule has 0 radical (unpaired) electrons. The molecule has 1 aromatic heterocycles. The molecule has 0 unspecified atom stereocenters. The van der Waals surface area contributed by atoms with E-state index in [9.17, 15) is 13.2 Å². The van der Waals surface area contributed by atoms with Crippen molar-refractivity contribution >= 4 is 5.96 Å². The van der Waals surface area contributed by atoms with Crippen molar-refractivity contribution in [2.24, 2.45) is 4.99 Å². The Morgan fingerprint density at radius 2 is 2.04 bits per heavy atom. The van der Waals surface area contributed by atoms with Crippen molar-refractivity contribution < 1.29 is 17.6 Å². The van der Waals surface area contributed by atoms with Crippen molar-refractivity contribution in [3.8, 4) is 0 Å². The van der Waals surface area contributed by atoms with Gasteiger partial charge >= 0.3 is 6.18 Å². The summed E-state index contributed by atoms with van der Waals surface area (Å²) in [7, 11) is 0. The van der Waals surface area contributed by atoms with Crippen molar-refractivity contribution in [1.82, 2.24) is 10.6 Å². The minimum absolute atomic E-state index is 0.136. The van der Waals surface area contributed by atoms with E-state index < -0.39 is 11.7 Å². The zero-order valence-corrected chi connectivity index (χ0v) is 13.6. The molecule has 4 nitrogen and oxygen atoms in total. The van der Waals surface area contributed by atoms with Crippen LogP contribution >= 0.6 is 0 Å². The van der Waals surface area contributed by atoms with Gasteiger partial charge in [0.15, 0.2) is 5.96 Å². The Morgan fingerprint density at radius 3 is 2.72 bits per heavy atom. The van der Waals surface area contributed by atoms with Crippen molar-refractivity contribution in [1.29, 1.82) is 0 Å². The molecule has 7 heteroatoms. The molecular formula is C18H20F3N3O. The number of nitrogens with one attached hydrogen (secondary N) is 2. The summed E-state index contributed by atoms with van der Waals surface area (Å²) in [5.74, 6) is 1.34. The second-order valence-electron chi connectivity index (χ2n) is 5.29. The van der Waals surface area contributed by atoms with Gasteiger partial charge in [0.1, 0.15) is 5.76 Å². The number of hydrogen-bond donors (Lipinski definition) is 2. The van der Waals surface area contributed by atoms with Crippen molar-refractivity contribution in [3.63, 3.8) is 0 Å². The molecule has 0 atom stereocenters. The average molecular weight is 351 g/mol. The van der Waals surface area contributed by atoms with E-state index in [2.05, 4.69) is 22.2 Å². The quantitative estimate of drug-likeness (QED) is 0.454. The normalized spacial score (nSPS) is 12.0. The molecule has 0 aliphatic heterocycles. The molecule has 0 saturated heterocycles. The van der Waals surface area contributed by atoms with Gasteiger partial charge in [-0.05, 0) is 29.8 Å². The average Bonchev–Trinajstić information content (AvgIpc) is 3.09. The van der Waals surface area contributed by atoms with Crippen molar-refractivity contribution in [2.45, 2.75) is 19.1 Å². The summed E-state index contributed by atoms with van der Waals surface area (Å²) in [6, 6.07) is 8.84. The van der Waals surface area contributed by atoms with Gasteiger partial charge in [-0.1, -0.05) is 18.2 Å². The Bertz CT molecular complexity index is 694. The maximum atomic E-state index is 12.8. The van der Waals surface area contributed by atoms with Crippen molar-refractivity contribution in [2.75, 3.05) is 13.1 Å². The van der Waals surface area contributed by atoms with E-state index in [1.165, 1.54) is 6.07 Å². The Labute approximate surface area is 144 Å².